The standard InChI is InChI=1S/C15H17N3O3/c1-11-5-4-8-13(14(11)18(20)21)15(19)17(10-9-16)12-6-2-3-7-12/h4-5,8,12H,2-3,6-7,10H2,1H3. The van der Waals surface area contributed by atoms with Crippen molar-refractivity contribution in [2.75, 3.05) is 6.54 Å². The second kappa shape index (κ2) is 6.35. The van der Waals surface area contributed by atoms with E-state index in [0.717, 1.165) is 25.7 Å². The van der Waals surface area contributed by atoms with Gasteiger partial charge in [-0.3, -0.25) is 14.9 Å². The largest absolute Gasteiger partial charge is 0.322 e. The molecule has 0 bridgehead atoms. The summed E-state index contributed by atoms with van der Waals surface area (Å²) in [5.41, 5.74) is 0.361. The summed E-state index contributed by atoms with van der Waals surface area (Å²) in [7, 11) is 0. The van der Waals surface area contributed by atoms with Crippen LogP contribution in [0.1, 0.15) is 41.6 Å². The molecule has 1 saturated carbocycles. The van der Waals surface area contributed by atoms with E-state index in [1.807, 2.05) is 6.07 Å². The van der Waals surface area contributed by atoms with E-state index in [9.17, 15) is 14.9 Å². The molecule has 1 amide bonds. The number of nitriles is 1. The van der Waals surface area contributed by atoms with Crippen LogP contribution in [0, 0.1) is 28.4 Å². The molecule has 2 rings (SSSR count). The van der Waals surface area contributed by atoms with Gasteiger partial charge in [-0.05, 0) is 25.8 Å². The number of hydrogen-bond acceptors (Lipinski definition) is 4. The molecule has 110 valence electrons. The molecule has 0 saturated heterocycles. The Morgan fingerprint density at radius 2 is 2.14 bits per heavy atom. The number of para-hydroxylation sites is 1. The highest BCUT2D eigenvalue weighted by Gasteiger charge is 2.31. The molecule has 6 heteroatoms. The second-order valence-corrected chi connectivity index (χ2v) is 5.26. The molecular formula is C15H17N3O3. The Morgan fingerprint density at radius 1 is 1.48 bits per heavy atom. The molecule has 21 heavy (non-hydrogen) atoms. The Hall–Kier alpha value is -2.42. The summed E-state index contributed by atoms with van der Waals surface area (Å²) in [5.74, 6) is -0.418. The molecule has 0 radical (unpaired) electrons. The first-order valence-electron chi connectivity index (χ1n) is 6.98. The lowest BCUT2D eigenvalue weighted by Crippen LogP contribution is -2.39. The van der Waals surface area contributed by atoms with Gasteiger partial charge in [-0.15, -0.1) is 0 Å². The summed E-state index contributed by atoms with van der Waals surface area (Å²) < 4.78 is 0. The van der Waals surface area contributed by atoms with E-state index in [4.69, 9.17) is 5.26 Å². The van der Waals surface area contributed by atoms with Crippen LogP contribution in [0.3, 0.4) is 0 Å². The minimum absolute atomic E-state index is 0.0114. The molecule has 1 aliphatic carbocycles. The summed E-state index contributed by atoms with van der Waals surface area (Å²) in [6.07, 6.45) is 3.76. The fraction of sp³-hybridized carbons (Fsp3) is 0.467. The number of nitro groups is 1. The Kier molecular flexibility index (Phi) is 4.53. The molecule has 0 unspecified atom stereocenters. The molecule has 1 aromatic carbocycles. The van der Waals surface area contributed by atoms with Crippen molar-refractivity contribution in [1.29, 1.82) is 5.26 Å². The van der Waals surface area contributed by atoms with Crippen LogP contribution < -0.4 is 0 Å². The topological polar surface area (TPSA) is 87.2 Å². The average Bonchev–Trinajstić information content (AvgIpc) is 2.97. The van der Waals surface area contributed by atoms with Crippen LogP contribution in [0.5, 0.6) is 0 Å². The van der Waals surface area contributed by atoms with Gasteiger partial charge in [-0.25, -0.2) is 0 Å². The van der Waals surface area contributed by atoms with Crippen molar-refractivity contribution in [1.82, 2.24) is 4.90 Å². The van der Waals surface area contributed by atoms with Gasteiger partial charge in [0.15, 0.2) is 0 Å². The zero-order chi connectivity index (χ0) is 15.4. The predicted molar refractivity (Wildman–Crippen MR) is 76.7 cm³/mol. The third-order valence-electron chi connectivity index (χ3n) is 3.92. The Bertz CT molecular complexity index is 601. The molecule has 0 spiro atoms. The van der Waals surface area contributed by atoms with Crippen molar-refractivity contribution in [3.8, 4) is 6.07 Å². The zero-order valence-electron chi connectivity index (χ0n) is 11.9. The number of carbonyl (C=O) groups is 1. The van der Waals surface area contributed by atoms with Gasteiger partial charge >= 0.3 is 0 Å². The van der Waals surface area contributed by atoms with Crippen LogP contribution in [0.25, 0.3) is 0 Å². The highest BCUT2D eigenvalue weighted by molar-refractivity contribution is 5.99. The van der Waals surface area contributed by atoms with Crippen LogP contribution in [-0.4, -0.2) is 28.3 Å². The molecule has 1 aliphatic rings. The van der Waals surface area contributed by atoms with Crippen molar-refractivity contribution in [2.45, 2.75) is 38.6 Å². The number of rotatable bonds is 4. The van der Waals surface area contributed by atoms with E-state index in [0.29, 0.717) is 5.56 Å². The molecule has 0 aliphatic heterocycles. The van der Waals surface area contributed by atoms with Crippen LogP contribution in [0.15, 0.2) is 18.2 Å². The molecule has 1 fully saturated rings. The molecule has 0 N–H and O–H groups in total. The minimum Gasteiger partial charge on any atom is -0.322 e. The summed E-state index contributed by atoms with van der Waals surface area (Å²) in [6, 6.07) is 6.71. The van der Waals surface area contributed by atoms with E-state index >= 15 is 0 Å². The quantitative estimate of drug-likeness (QED) is 0.484. The molecule has 0 heterocycles. The van der Waals surface area contributed by atoms with Crippen LogP contribution in [0.4, 0.5) is 5.69 Å². The highest BCUT2D eigenvalue weighted by atomic mass is 16.6. The van der Waals surface area contributed by atoms with Crippen LogP contribution in [-0.2, 0) is 0 Å². The van der Waals surface area contributed by atoms with Crippen molar-refractivity contribution >= 4 is 11.6 Å². The molecule has 0 atom stereocenters. The van der Waals surface area contributed by atoms with Crippen molar-refractivity contribution in [2.24, 2.45) is 0 Å². The first-order chi connectivity index (χ1) is 10.1. The average molecular weight is 287 g/mol. The maximum atomic E-state index is 12.7. The first-order valence-corrected chi connectivity index (χ1v) is 6.98. The fourth-order valence-electron chi connectivity index (χ4n) is 2.89. The van der Waals surface area contributed by atoms with Gasteiger partial charge in [0.1, 0.15) is 12.1 Å². The Labute approximate surface area is 123 Å². The maximum Gasteiger partial charge on any atom is 0.285 e. The predicted octanol–water partition coefficient (Wildman–Crippen LogP) is 2.81. The van der Waals surface area contributed by atoms with E-state index in [1.165, 1.54) is 11.0 Å². The molecule has 0 aromatic heterocycles. The smallest absolute Gasteiger partial charge is 0.285 e. The van der Waals surface area contributed by atoms with Gasteiger partial charge in [-0.2, -0.15) is 5.26 Å². The van der Waals surface area contributed by atoms with E-state index in [1.54, 1.807) is 19.1 Å². The van der Waals surface area contributed by atoms with Gasteiger partial charge in [0.25, 0.3) is 11.6 Å². The van der Waals surface area contributed by atoms with E-state index in [2.05, 4.69) is 0 Å². The van der Waals surface area contributed by atoms with Gasteiger partial charge in [0.2, 0.25) is 0 Å². The van der Waals surface area contributed by atoms with Crippen molar-refractivity contribution in [3.63, 3.8) is 0 Å². The number of nitrogens with zero attached hydrogens (tertiary/aromatic N) is 3. The summed E-state index contributed by atoms with van der Waals surface area (Å²) in [6.45, 7) is 1.58. The summed E-state index contributed by atoms with van der Waals surface area (Å²) >= 11 is 0. The number of carbonyl (C=O) groups excluding carboxylic acids is 1. The normalized spacial score (nSPS) is 14.7. The molecule has 6 nitrogen and oxygen atoms in total. The van der Waals surface area contributed by atoms with Gasteiger partial charge in [0.05, 0.1) is 11.0 Å². The van der Waals surface area contributed by atoms with Gasteiger partial charge < -0.3 is 4.90 Å². The van der Waals surface area contributed by atoms with E-state index in [-0.39, 0.29) is 23.8 Å². The van der Waals surface area contributed by atoms with E-state index < -0.39 is 10.8 Å². The Morgan fingerprint density at radius 3 is 2.71 bits per heavy atom. The monoisotopic (exact) mass is 287 g/mol. The third kappa shape index (κ3) is 3.02. The van der Waals surface area contributed by atoms with Crippen LogP contribution in [0.2, 0.25) is 0 Å². The molecule has 1 aromatic rings. The summed E-state index contributed by atoms with van der Waals surface area (Å²) in [4.78, 5) is 24.8. The van der Waals surface area contributed by atoms with Crippen molar-refractivity contribution < 1.29 is 9.72 Å². The van der Waals surface area contributed by atoms with Crippen LogP contribution >= 0.6 is 0 Å². The third-order valence-corrected chi connectivity index (χ3v) is 3.92. The highest BCUT2D eigenvalue weighted by Crippen LogP contribution is 2.28. The minimum atomic E-state index is -0.526. The SMILES string of the molecule is Cc1cccc(C(=O)N(CC#N)C2CCCC2)c1[N+](=O)[O-]. The summed E-state index contributed by atoms with van der Waals surface area (Å²) in [5, 5.41) is 20.2. The Balaban J connectivity index is 2.39. The molecular weight excluding hydrogens is 270 g/mol. The lowest BCUT2D eigenvalue weighted by Gasteiger charge is -2.26. The van der Waals surface area contributed by atoms with Gasteiger partial charge in [-0.1, -0.05) is 25.0 Å². The van der Waals surface area contributed by atoms with Gasteiger partial charge in [0, 0.05) is 11.6 Å². The first kappa shape index (κ1) is 15.0. The van der Waals surface area contributed by atoms with Crippen molar-refractivity contribution in [3.05, 3.63) is 39.4 Å². The maximum absolute atomic E-state index is 12.7. The number of amides is 1. The second-order valence-electron chi connectivity index (χ2n) is 5.26. The number of nitro benzene ring substituents is 1. The zero-order valence-corrected chi connectivity index (χ0v) is 11.9. The number of hydrogen-bond donors (Lipinski definition) is 0. The fourth-order valence-corrected chi connectivity index (χ4v) is 2.89. The lowest BCUT2D eigenvalue weighted by atomic mass is 10.1. The lowest BCUT2D eigenvalue weighted by molar-refractivity contribution is -0.385. The number of benzene rings is 1. The number of aryl methyl sites for hydroxylation is 1.